The van der Waals surface area contributed by atoms with Crippen molar-refractivity contribution in [2.24, 2.45) is 0 Å². The highest BCUT2D eigenvalue weighted by Crippen LogP contribution is 2.02. The molecule has 7 heteroatoms. The molecule has 0 heterocycles. The van der Waals surface area contributed by atoms with Gasteiger partial charge in [-0.2, -0.15) is 4.89 Å². The zero-order valence-electron chi connectivity index (χ0n) is 17.3. The van der Waals surface area contributed by atoms with Crippen molar-refractivity contribution in [3.05, 3.63) is 12.3 Å². The van der Waals surface area contributed by atoms with Crippen LogP contribution in [0.2, 0.25) is 0 Å². The Morgan fingerprint density at radius 2 is 1.07 bits per heavy atom. The van der Waals surface area contributed by atoms with E-state index in [4.69, 9.17) is 33.5 Å². The largest absolute Gasteiger partial charge is 0.379 e. The maximum atomic E-state index is 5.40. The first-order valence-electron chi connectivity index (χ1n) is 10.2. The fraction of sp³-hybridized carbons (Fsp3) is 0.900. The van der Waals surface area contributed by atoms with Gasteiger partial charge in [0.1, 0.15) is 12.9 Å². The van der Waals surface area contributed by atoms with Crippen molar-refractivity contribution in [2.45, 2.75) is 46.0 Å². The molecule has 0 aliphatic rings. The van der Waals surface area contributed by atoms with E-state index in [-0.39, 0.29) is 0 Å². The fourth-order valence-electron chi connectivity index (χ4n) is 2.00. The molecule has 0 radical (unpaired) electrons. The van der Waals surface area contributed by atoms with Crippen molar-refractivity contribution in [1.82, 2.24) is 0 Å². The van der Waals surface area contributed by atoms with Crippen LogP contribution in [0.4, 0.5) is 0 Å². The molecule has 0 N–H and O–H groups in total. The zero-order chi connectivity index (χ0) is 19.7. The Bertz CT molecular complexity index is 288. The first-order valence-corrected chi connectivity index (χ1v) is 10.2. The van der Waals surface area contributed by atoms with Crippen LogP contribution in [0.1, 0.15) is 46.0 Å². The minimum atomic E-state index is 0.395. The highest BCUT2D eigenvalue weighted by atomic mass is 17.2. The highest BCUT2D eigenvalue weighted by molar-refractivity contribution is 4.71. The second kappa shape index (κ2) is 25.3. The summed E-state index contributed by atoms with van der Waals surface area (Å²) in [5, 5.41) is 0. The normalized spacial score (nSPS) is 11.5. The zero-order valence-corrected chi connectivity index (χ0v) is 17.3. The van der Waals surface area contributed by atoms with Gasteiger partial charge in [-0.05, 0) is 25.8 Å². The van der Waals surface area contributed by atoms with Crippen LogP contribution in [0.15, 0.2) is 12.3 Å². The summed E-state index contributed by atoms with van der Waals surface area (Å²) < 4.78 is 26.6. The van der Waals surface area contributed by atoms with Crippen LogP contribution in [0.5, 0.6) is 0 Å². The third kappa shape index (κ3) is 25.3. The van der Waals surface area contributed by atoms with Gasteiger partial charge in [0.25, 0.3) is 0 Å². The van der Waals surface area contributed by atoms with E-state index < -0.39 is 0 Å². The smallest absolute Gasteiger partial charge is 0.125 e. The van der Waals surface area contributed by atoms with E-state index in [1.165, 1.54) is 25.7 Å². The monoisotopic (exact) mass is 392 g/mol. The van der Waals surface area contributed by atoms with Crippen molar-refractivity contribution >= 4 is 0 Å². The summed E-state index contributed by atoms with van der Waals surface area (Å²) in [6, 6.07) is 0. The lowest BCUT2D eigenvalue weighted by atomic mass is 10.2. The van der Waals surface area contributed by atoms with Gasteiger partial charge in [-0.25, -0.2) is 0 Å². The first-order chi connectivity index (χ1) is 13.4. The van der Waals surface area contributed by atoms with Crippen LogP contribution >= 0.6 is 0 Å². The molecule has 0 saturated heterocycles. The van der Waals surface area contributed by atoms with Crippen LogP contribution in [0, 0.1) is 0 Å². The van der Waals surface area contributed by atoms with Gasteiger partial charge in [0.05, 0.1) is 59.5 Å². The molecule has 0 saturated carbocycles. The molecule has 0 spiro atoms. The molecule has 0 bridgehead atoms. The summed E-state index contributed by atoms with van der Waals surface area (Å²) >= 11 is 0. The van der Waals surface area contributed by atoms with Gasteiger partial charge < -0.3 is 28.6 Å². The second-order valence-electron chi connectivity index (χ2n) is 5.79. The Hall–Kier alpha value is -0.700. The molecule has 0 aromatic heterocycles. The number of hydrogen-bond acceptors (Lipinski definition) is 7. The molecule has 0 aromatic rings. The molecule has 27 heavy (non-hydrogen) atoms. The maximum Gasteiger partial charge on any atom is 0.125 e. The predicted octanol–water partition coefficient (Wildman–Crippen LogP) is 3.52. The average Bonchev–Trinajstić information content (AvgIpc) is 2.68. The van der Waals surface area contributed by atoms with Gasteiger partial charge in [0.15, 0.2) is 0 Å². The van der Waals surface area contributed by atoms with E-state index in [2.05, 4.69) is 6.92 Å². The Morgan fingerprint density at radius 3 is 1.59 bits per heavy atom. The number of allylic oxidation sites excluding steroid dienone is 1. The molecule has 0 unspecified atom stereocenters. The van der Waals surface area contributed by atoms with E-state index >= 15 is 0 Å². The molecular weight excluding hydrogens is 352 g/mol. The van der Waals surface area contributed by atoms with E-state index in [1.807, 2.05) is 13.0 Å². The van der Waals surface area contributed by atoms with Gasteiger partial charge in [-0.1, -0.05) is 26.2 Å². The molecule has 0 rings (SSSR count). The van der Waals surface area contributed by atoms with Crippen LogP contribution < -0.4 is 0 Å². The summed E-state index contributed by atoms with van der Waals surface area (Å²) in [5.74, 6) is 0. The minimum absolute atomic E-state index is 0.395. The third-order valence-corrected chi connectivity index (χ3v) is 3.45. The van der Waals surface area contributed by atoms with E-state index in [1.54, 1.807) is 6.26 Å². The molecule has 0 atom stereocenters. The summed E-state index contributed by atoms with van der Waals surface area (Å²) in [5.41, 5.74) is 0. The van der Waals surface area contributed by atoms with Gasteiger partial charge in [0, 0.05) is 6.61 Å². The van der Waals surface area contributed by atoms with E-state index in [0.717, 1.165) is 13.0 Å². The van der Waals surface area contributed by atoms with Crippen LogP contribution in [-0.4, -0.2) is 72.7 Å². The van der Waals surface area contributed by atoms with Gasteiger partial charge in [-0.15, -0.1) is 0 Å². The van der Waals surface area contributed by atoms with Crippen LogP contribution in [0.3, 0.4) is 0 Å². The SMILES string of the molecule is CCCCCCC=COOCCOCCOCCOCCOCCOCC. The van der Waals surface area contributed by atoms with Crippen molar-refractivity contribution in [3.63, 3.8) is 0 Å². The lowest BCUT2D eigenvalue weighted by molar-refractivity contribution is -0.255. The van der Waals surface area contributed by atoms with Crippen molar-refractivity contribution < 1.29 is 33.5 Å². The minimum Gasteiger partial charge on any atom is -0.379 e. The Morgan fingerprint density at radius 1 is 0.556 bits per heavy atom. The van der Waals surface area contributed by atoms with E-state index in [0.29, 0.717) is 66.1 Å². The molecule has 0 aliphatic carbocycles. The number of hydrogen-bond donors (Lipinski definition) is 0. The molecule has 0 amide bonds. The fourth-order valence-corrected chi connectivity index (χ4v) is 2.00. The molecular formula is C20H40O7. The molecule has 0 aliphatic heterocycles. The second-order valence-corrected chi connectivity index (χ2v) is 5.79. The van der Waals surface area contributed by atoms with Gasteiger partial charge >= 0.3 is 0 Å². The summed E-state index contributed by atoms with van der Waals surface area (Å²) in [7, 11) is 0. The third-order valence-electron chi connectivity index (χ3n) is 3.45. The van der Waals surface area contributed by atoms with E-state index in [9.17, 15) is 0 Å². The van der Waals surface area contributed by atoms with Crippen molar-refractivity contribution in [1.29, 1.82) is 0 Å². The average molecular weight is 393 g/mol. The van der Waals surface area contributed by atoms with Gasteiger partial charge in [-0.3, -0.25) is 0 Å². The summed E-state index contributed by atoms with van der Waals surface area (Å²) in [4.78, 5) is 9.92. The molecule has 0 fully saturated rings. The highest BCUT2D eigenvalue weighted by Gasteiger charge is 1.93. The Balaban J connectivity index is 3.02. The summed E-state index contributed by atoms with van der Waals surface area (Å²) in [6.07, 6.45) is 9.63. The first kappa shape index (κ1) is 26.3. The Labute approximate surface area is 165 Å². The molecule has 0 aromatic carbocycles. The topological polar surface area (TPSA) is 64.6 Å². The lowest BCUT2D eigenvalue weighted by Gasteiger charge is -2.07. The quantitative estimate of drug-likeness (QED) is 0.114. The lowest BCUT2D eigenvalue weighted by Crippen LogP contribution is -2.13. The predicted molar refractivity (Wildman–Crippen MR) is 105 cm³/mol. The maximum absolute atomic E-state index is 5.40. The number of ether oxygens (including phenoxy) is 5. The van der Waals surface area contributed by atoms with Gasteiger partial charge in [0.2, 0.25) is 0 Å². The number of unbranched alkanes of at least 4 members (excludes halogenated alkanes) is 4. The number of rotatable bonds is 23. The molecule has 7 nitrogen and oxygen atoms in total. The van der Waals surface area contributed by atoms with Crippen LogP contribution in [-0.2, 0) is 33.5 Å². The van der Waals surface area contributed by atoms with Crippen molar-refractivity contribution in [2.75, 3.05) is 72.7 Å². The Kier molecular flexibility index (Phi) is 24.6. The summed E-state index contributed by atoms with van der Waals surface area (Å²) in [6.45, 7) is 10.3. The standard InChI is InChI=1S/C20H40O7/c1-3-5-6-7-8-9-10-26-27-20-19-25-18-17-24-16-15-23-14-13-22-12-11-21-4-2/h9-10H,3-8,11-20H2,1-2H3. The molecule has 162 valence electrons. The van der Waals surface area contributed by atoms with Crippen LogP contribution in [0.25, 0.3) is 0 Å². The van der Waals surface area contributed by atoms with Crippen molar-refractivity contribution in [3.8, 4) is 0 Å².